The van der Waals surface area contributed by atoms with Crippen molar-refractivity contribution in [3.8, 4) is 0 Å². The molecule has 0 N–H and O–H groups in total. The third-order valence-corrected chi connectivity index (χ3v) is 5.28. The lowest BCUT2D eigenvalue weighted by molar-refractivity contribution is 0.103. The van der Waals surface area contributed by atoms with Crippen LogP contribution in [0.25, 0.3) is 0 Å². The summed E-state index contributed by atoms with van der Waals surface area (Å²) in [5.74, 6) is 0.835. The van der Waals surface area contributed by atoms with E-state index in [1.54, 1.807) is 30.3 Å². The zero-order valence-electron chi connectivity index (χ0n) is 15.1. The van der Waals surface area contributed by atoms with Gasteiger partial charge in [0.2, 0.25) is 0 Å². The zero-order valence-corrected chi connectivity index (χ0v) is 16.6. The largest absolute Gasteiger partial charge is 0.368 e. The molecule has 0 bridgehead atoms. The van der Waals surface area contributed by atoms with Crippen LogP contribution < -0.4 is 9.80 Å². The number of hydrogen-bond acceptors (Lipinski definition) is 5. The molecule has 0 radical (unpaired) electrons. The van der Waals surface area contributed by atoms with Crippen molar-refractivity contribution >= 4 is 40.5 Å². The minimum Gasteiger partial charge on any atom is -0.368 e. The molecule has 142 valence electrons. The Morgan fingerprint density at radius 2 is 1.29 bits per heavy atom. The van der Waals surface area contributed by atoms with E-state index in [1.807, 2.05) is 30.3 Å². The Morgan fingerprint density at radius 3 is 1.86 bits per heavy atom. The third-order valence-electron chi connectivity index (χ3n) is 4.82. The summed E-state index contributed by atoms with van der Waals surface area (Å²) in [5.41, 5.74) is 2.41. The van der Waals surface area contributed by atoms with Crippen LogP contribution in [-0.2, 0) is 0 Å². The Bertz CT molecular complexity index is 951. The summed E-state index contributed by atoms with van der Waals surface area (Å²) in [6.07, 6.45) is 0. The van der Waals surface area contributed by atoms with Crippen molar-refractivity contribution < 1.29 is 4.79 Å². The van der Waals surface area contributed by atoms with Crippen molar-refractivity contribution in [2.24, 2.45) is 0 Å². The Labute approximate surface area is 173 Å². The van der Waals surface area contributed by atoms with Crippen LogP contribution in [0.4, 0.5) is 11.5 Å². The number of ketones is 1. The van der Waals surface area contributed by atoms with Gasteiger partial charge in [-0.05, 0) is 60.7 Å². The van der Waals surface area contributed by atoms with Gasteiger partial charge in [0.1, 0.15) is 0 Å². The van der Waals surface area contributed by atoms with E-state index in [0.717, 1.165) is 37.7 Å². The lowest BCUT2D eigenvalue weighted by atomic mass is 10.0. The van der Waals surface area contributed by atoms with E-state index in [4.69, 9.17) is 23.2 Å². The first-order valence-electron chi connectivity index (χ1n) is 8.99. The molecule has 1 aliphatic rings. The zero-order chi connectivity index (χ0) is 19.5. The molecule has 1 saturated heterocycles. The van der Waals surface area contributed by atoms with Gasteiger partial charge in [-0.2, -0.15) is 0 Å². The highest BCUT2D eigenvalue weighted by Gasteiger charge is 2.19. The van der Waals surface area contributed by atoms with Crippen LogP contribution >= 0.6 is 23.2 Å². The first-order chi connectivity index (χ1) is 13.6. The van der Waals surface area contributed by atoms with E-state index in [-0.39, 0.29) is 5.78 Å². The molecule has 0 atom stereocenters. The molecule has 0 spiro atoms. The van der Waals surface area contributed by atoms with Crippen molar-refractivity contribution in [2.45, 2.75) is 0 Å². The highest BCUT2D eigenvalue weighted by atomic mass is 35.5. The summed E-state index contributed by atoms with van der Waals surface area (Å²) in [5, 5.41) is 9.07. The Balaban J connectivity index is 1.40. The molecule has 0 unspecified atom stereocenters. The maximum atomic E-state index is 12.6. The molecule has 4 rings (SSSR count). The van der Waals surface area contributed by atoms with Crippen molar-refractivity contribution in [2.75, 3.05) is 36.0 Å². The topological polar surface area (TPSA) is 49.3 Å². The lowest BCUT2D eigenvalue weighted by Gasteiger charge is -2.36. The first-order valence-corrected chi connectivity index (χ1v) is 9.75. The second kappa shape index (κ2) is 8.17. The molecule has 28 heavy (non-hydrogen) atoms. The lowest BCUT2D eigenvalue weighted by Crippen LogP contribution is -2.46. The Hall–Kier alpha value is -2.63. The van der Waals surface area contributed by atoms with Gasteiger partial charge in [0.05, 0.1) is 0 Å². The van der Waals surface area contributed by atoms with Crippen LogP contribution in [0.2, 0.25) is 10.2 Å². The van der Waals surface area contributed by atoms with E-state index in [1.165, 1.54) is 0 Å². The number of anilines is 2. The molecule has 2 aromatic carbocycles. The van der Waals surface area contributed by atoms with Gasteiger partial charge < -0.3 is 9.80 Å². The second-order valence-corrected chi connectivity index (χ2v) is 7.39. The fourth-order valence-corrected chi connectivity index (χ4v) is 3.49. The molecule has 1 aromatic heterocycles. The van der Waals surface area contributed by atoms with E-state index in [0.29, 0.717) is 21.3 Å². The van der Waals surface area contributed by atoms with Crippen molar-refractivity contribution in [3.05, 3.63) is 82.0 Å². The second-order valence-electron chi connectivity index (χ2n) is 6.57. The summed E-state index contributed by atoms with van der Waals surface area (Å²) >= 11 is 11.7. The van der Waals surface area contributed by atoms with Crippen LogP contribution in [0.1, 0.15) is 15.9 Å². The van der Waals surface area contributed by atoms with Gasteiger partial charge >= 0.3 is 0 Å². The Morgan fingerprint density at radius 1 is 0.714 bits per heavy atom. The maximum Gasteiger partial charge on any atom is 0.193 e. The highest BCUT2D eigenvalue weighted by molar-refractivity contribution is 6.30. The monoisotopic (exact) mass is 412 g/mol. The predicted octanol–water partition coefficient (Wildman–Crippen LogP) is 4.34. The molecule has 0 amide bonds. The molecular weight excluding hydrogens is 395 g/mol. The summed E-state index contributed by atoms with van der Waals surface area (Å²) < 4.78 is 0. The van der Waals surface area contributed by atoms with E-state index < -0.39 is 0 Å². The van der Waals surface area contributed by atoms with Gasteiger partial charge in [-0.25, -0.2) is 0 Å². The Kier molecular flexibility index (Phi) is 5.46. The van der Waals surface area contributed by atoms with Gasteiger partial charge in [-0.3, -0.25) is 4.79 Å². The minimum atomic E-state index is -0.00523. The van der Waals surface area contributed by atoms with Gasteiger partial charge in [0, 0.05) is 48.0 Å². The highest BCUT2D eigenvalue weighted by Crippen LogP contribution is 2.21. The smallest absolute Gasteiger partial charge is 0.193 e. The summed E-state index contributed by atoms with van der Waals surface area (Å²) in [7, 11) is 0. The van der Waals surface area contributed by atoms with Crippen molar-refractivity contribution in [1.82, 2.24) is 10.2 Å². The van der Waals surface area contributed by atoms with Gasteiger partial charge in [-0.15, -0.1) is 10.2 Å². The fraction of sp³-hybridized carbons (Fsp3) is 0.190. The van der Waals surface area contributed by atoms with E-state index in [9.17, 15) is 4.79 Å². The molecule has 1 aliphatic heterocycles. The number of nitrogens with zero attached hydrogens (tertiary/aromatic N) is 4. The molecule has 5 nitrogen and oxygen atoms in total. The van der Waals surface area contributed by atoms with Crippen LogP contribution in [0, 0.1) is 0 Å². The van der Waals surface area contributed by atoms with Gasteiger partial charge in [0.25, 0.3) is 0 Å². The minimum absolute atomic E-state index is 0.00523. The number of benzene rings is 2. The number of carbonyl (C=O) groups is 1. The normalized spacial score (nSPS) is 14.2. The average Bonchev–Trinajstić information content (AvgIpc) is 2.75. The van der Waals surface area contributed by atoms with Gasteiger partial charge in [-0.1, -0.05) is 23.2 Å². The maximum absolute atomic E-state index is 12.6. The number of carbonyl (C=O) groups excluding carboxylic acids is 1. The summed E-state index contributed by atoms with van der Waals surface area (Å²) in [6, 6.07) is 18.4. The molecular formula is C21H18Cl2N4O. The van der Waals surface area contributed by atoms with E-state index >= 15 is 0 Å². The molecule has 1 fully saturated rings. The summed E-state index contributed by atoms with van der Waals surface area (Å²) in [4.78, 5) is 17.1. The first kappa shape index (κ1) is 18.7. The number of rotatable bonds is 4. The van der Waals surface area contributed by atoms with Crippen molar-refractivity contribution in [3.63, 3.8) is 0 Å². The van der Waals surface area contributed by atoms with Gasteiger partial charge in [0.15, 0.2) is 16.8 Å². The predicted molar refractivity (Wildman–Crippen MR) is 113 cm³/mol. The summed E-state index contributed by atoms with van der Waals surface area (Å²) in [6.45, 7) is 3.44. The quantitative estimate of drug-likeness (QED) is 0.596. The molecule has 3 aromatic rings. The number of piperazine rings is 1. The third kappa shape index (κ3) is 4.11. The van der Waals surface area contributed by atoms with Crippen LogP contribution in [0.3, 0.4) is 0 Å². The molecule has 0 saturated carbocycles. The number of hydrogen-bond donors (Lipinski definition) is 0. The molecule has 2 heterocycles. The number of halogens is 2. The van der Waals surface area contributed by atoms with Crippen LogP contribution in [0.15, 0.2) is 60.7 Å². The van der Waals surface area contributed by atoms with Crippen LogP contribution in [0.5, 0.6) is 0 Å². The molecule has 0 aliphatic carbocycles. The van der Waals surface area contributed by atoms with E-state index in [2.05, 4.69) is 20.0 Å². The SMILES string of the molecule is O=C(c1ccc(Cl)cc1)c1ccc(N2CCN(c3ccc(Cl)nn3)CC2)cc1. The number of aromatic nitrogens is 2. The average molecular weight is 413 g/mol. The van der Waals surface area contributed by atoms with Crippen LogP contribution in [-0.4, -0.2) is 42.2 Å². The van der Waals surface area contributed by atoms with Crippen molar-refractivity contribution in [1.29, 1.82) is 0 Å². The molecule has 7 heteroatoms. The fourth-order valence-electron chi connectivity index (χ4n) is 3.26. The standard InChI is InChI=1S/C21H18Cl2N4O/c22-17-5-1-15(2-6-17)21(28)16-3-7-18(8-4-16)26-11-13-27(14-12-26)20-10-9-19(23)24-25-20/h1-10H,11-14H2.